The molecular weight excluding hydrogens is 236 g/mol. The fourth-order valence-electron chi connectivity index (χ4n) is 2.26. The SMILES string of the molecule is CCCC1CCN(C(=O)N[C@@H](CO)C(=O)O)CC1. The second-order valence-electron chi connectivity index (χ2n) is 4.74. The Bertz CT molecular complexity index is 288. The van der Waals surface area contributed by atoms with Crippen LogP contribution in [0.1, 0.15) is 32.6 Å². The van der Waals surface area contributed by atoms with Gasteiger partial charge >= 0.3 is 12.0 Å². The Morgan fingerprint density at radius 2 is 2.00 bits per heavy atom. The number of nitrogens with one attached hydrogen (secondary N) is 1. The van der Waals surface area contributed by atoms with Gasteiger partial charge in [0.05, 0.1) is 6.61 Å². The third kappa shape index (κ3) is 4.18. The lowest BCUT2D eigenvalue weighted by atomic mass is 9.93. The highest BCUT2D eigenvalue weighted by molar-refractivity contribution is 5.82. The van der Waals surface area contributed by atoms with Crippen LogP contribution in [0.4, 0.5) is 4.79 Å². The van der Waals surface area contributed by atoms with Crippen LogP contribution in [-0.4, -0.2) is 52.9 Å². The number of hydrogen-bond donors (Lipinski definition) is 3. The fourth-order valence-corrected chi connectivity index (χ4v) is 2.26. The second kappa shape index (κ2) is 7.20. The van der Waals surface area contributed by atoms with Crippen LogP contribution >= 0.6 is 0 Å². The van der Waals surface area contributed by atoms with Gasteiger partial charge in [0.15, 0.2) is 6.04 Å². The number of aliphatic hydroxyl groups excluding tert-OH is 1. The van der Waals surface area contributed by atoms with Gasteiger partial charge in [-0.3, -0.25) is 0 Å². The Morgan fingerprint density at radius 1 is 1.39 bits per heavy atom. The van der Waals surface area contributed by atoms with E-state index in [9.17, 15) is 9.59 Å². The molecule has 1 saturated heterocycles. The Hall–Kier alpha value is -1.30. The highest BCUT2D eigenvalue weighted by Crippen LogP contribution is 2.21. The molecule has 1 fully saturated rings. The molecule has 2 amide bonds. The molecule has 0 aliphatic carbocycles. The summed E-state index contributed by atoms with van der Waals surface area (Å²) in [5.41, 5.74) is 0. The molecule has 1 aliphatic heterocycles. The van der Waals surface area contributed by atoms with Crippen molar-refractivity contribution in [2.75, 3.05) is 19.7 Å². The molecule has 6 heteroatoms. The molecule has 18 heavy (non-hydrogen) atoms. The summed E-state index contributed by atoms with van der Waals surface area (Å²) in [5, 5.41) is 19.9. The number of carboxylic acid groups (broad SMARTS) is 1. The van der Waals surface area contributed by atoms with Crippen LogP contribution < -0.4 is 5.32 Å². The van der Waals surface area contributed by atoms with Crippen molar-refractivity contribution in [3.63, 3.8) is 0 Å². The Labute approximate surface area is 107 Å². The number of aliphatic carboxylic acids is 1. The van der Waals surface area contributed by atoms with Gasteiger partial charge in [-0.15, -0.1) is 0 Å². The zero-order chi connectivity index (χ0) is 13.5. The van der Waals surface area contributed by atoms with E-state index < -0.39 is 24.6 Å². The average Bonchev–Trinajstić information content (AvgIpc) is 2.36. The van der Waals surface area contributed by atoms with Gasteiger partial charge in [-0.05, 0) is 18.8 Å². The van der Waals surface area contributed by atoms with Gasteiger partial charge in [0, 0.05) is 13.1 Å². The second-order valence-corrected chi connectivity index (χ2v) is 4.74. The number of rotatable bonds is 5. The minimum Gasteiger partial charge on any atom is -0.480 e. The number of amides is 2. The van der Waals surface area contributed by atoms with E-state index >= 15 is 0 Å². The summed E-state index contributed by atoms with van der Waals surface area (Å²) >= 11 is 0. The van der Waals surface area contributed by atoms with Crippen molar-refractivity contribution < 1.29 is 19.8 Å². The Kier molecular flexibility index (Phi) is 5.91. The van der Waals surface area contributed by atoms with Crippen LogP contribution in [0.5, 0.6) is 0 Å². The zero-order valence-corrected chi connectivity index (χ0v) is 10.8. The summed E-state index contributed by atoms with van der Waals surface area (Å²) in [6.07, 6.45) is 4.28. The van der Waals surface area contributed by atoms with E-state index in [1.54, 1.807) is 4.90 Å². The molecule has 0 aromatic carbocycles. The summed E-state index contributed by atoms with van der Waals surface area (Å²) in [7, 11) is 0. The third-order valence-electron chi connectivity index (χ3n) is 3.38. The minimum atomic E-state index is -1.22. The first kappa shape index (κ1) is 14.8. The highest BCUT2D eigenvalue weighted by atomic mass is 16.4. The molecule has 1 rings (SSSR count). The van der Waals surface area contributed by atoms with E-state index in [0.717, 1.165) is 19.3 Å². The number of hydrogen-bond acceptors (Lipinski definition) is 3. The molecule has 0 aromatic rings. The number of carbonyl (C=O) groups is 2. The maximum atomic E-state index is 11.8. The van der Waals surface area contributed by atoms with Crippen molar-refractivity contribution in [3.05, 3.63) is 0 Å². The van der Waals surface area contributed by atoms with Crippen LogP contribution in [0.2, 0.25) is 0 Å². The van der Waals surface area contributed by atoms with Gasteiger partial charge in [-0.2, -0.15) is 0 Å². The average molecular weight is 258 g/mol. The lowest BCUT2D eigenvalue weighted by Crippen LogP contribution is -2.51. The molecule has 0 unspecified atom stereocenters. The normalized spacial score (nSPS) is 18.4. The topological polar surface area (TPSA) is 89.9 Å². The van der Waals surface area contributed by atoms with E-state index in [1.165, 1.54) is 6.42 Å². The van der Waals surface area contributed by atoms with E-state index in [2.05, 4.69) is 12.2 Å². The van der Waals surface area contributed by atoms with Gasteiger partial charge in [0.1, 0.15) is 0 Å². The lowest BCUT2D eigenvalue weighted by Gasteiger charge is -2.32. The summed E-state index contributed by atoms with van der Waals surface area (Å²) in [4.78, 5) is 24.1. The third-order valence-corrected chi connectivity index (χ3v) is 3.38. The summed E-state index contributed by atoms with van der Waals surface area (Å²) < 4.78 is 0. The number of aliphatic hydroxyl groups is 1. The molecular formula is C12H22N2O4. The summed E-state index contributed by atoms with van der Waals surface area (Å²) in [5.74, 6) is -0.543. The van der Waals surface area contributed by atoms with Crippen LogP contribution in [0.3, 0.4) is 0 Å². The maximum Gasteiger partial charge on any atom is 0.328 e. The molecule has 0 bridgehead atoms. The molecule has 1 aliphatic rings. The predicted octanol–water partition coefficient (Wildman–Crippen LogP) is 0.654. The molecule has 1 heterocycles. The Balaban J connectivity index is 2.38. The number of nitrogens with zero attached hydrogens (tertiary/aromatic N) is 1. The lowest BCUT2D eigenvalue weighted by molar-refractivity contribution is -0.140. The molecule has 1 atom stereocenters. The van der Waals surface area contributed by atoms with E-state index in [4.69, 9.17) is 10.2 Å². The molecule has 0 saturated carbocycles. The predicted molar refractivity (Wildman–Crippen MR) is 66.2 cm³/mol. The molecule has 3 N–H and O–H groups in total. The molecule has 0 spiro atoms. The fraction of sp³-hybridized carbons (Fsp3) is 0.833. The molecule has 0 aromatic heterocycles. The van der Waals surface area contributed by atoms with Crippen LogP contribution in [-0.2, 0) is 4.79 Å². The van der Waals surface area contributed by atoms with Gasteiger partial charge in [-0.25, -0.2) is 9.59 Å². The number of carboxylic acids is 1. The van der Waals surface area contributed by atoms with Crippen molar-refractivity contribution in [2.24, 2.45) is 5.92 Å². The van der Waals surface area contributed by atoms with Gasteiger partial charge in [0.25, 0.3) is 0 Å². The molecule has 6 nitrogen and oxygen atoms in total. The van der Waals surface area contributed by atoms with E-state index in [0.29, 0.717) is 19.0 Å². The molecule has 104 valence electrons. The quantitative estimate of drug-likeness (QED) is 0.675. The van der Waals surface area contributed by atoms with Crippen LogP contribution in [0, 0.1) is 5.92 Å². The standard InChI is InChI=1S/C12H22N2O4/c1-2-3-9-4-6-14(7-5-9)12(18)13-10(8-15)11(16)17/h9-10,15H,2-8H2,1H3,(H,13,18)(H,16,17)/t10-/m0/s1. The first-order valence-electron chi connectivity index (χ1n) is 6.47. The van der Waals surface area contributed by atoms with Crippen molar-refractivity contribution in [2.45, 2.75) is 38.6 Å². The molecule has 0 radical (unpaired) electrons. The van der Waals surface area contributed by atoms with E-state index in [-0.39, 0.29) is 0 Å². The van der Waals surface area contributed by atoms with Crippen LogP contribution in [0.15, 0.2) is 0 Å². The van der Waals surface area contributed by atoms with E-state index in [1.807, 2.05) is 0 Å². The first-order chi connectivity index (χ1) is 8.58. The first-order valence-corrected chi connectivity index (χ1v) is 6.47. The van der Waals surface area contributed by atoms with Gasteiger partial charge < -0.3 is 20.4 Å². The van der Waals surface area contributed by atoms with Crippen LogP contribution in [0.25, 0.3) is 0 Å². The summed E-state index contributed by atoms with van der Waals surface area (Å²) in [6.45, 7) is 2.88. The largest absolute Gasteiger partial charge is 0.480 e. The number of carbonyl (C=O) groups excluding carboxylic acids is 1. The van der Waals surface area contributed by atoms with Crippen molar-refractivity contribution >= 4 is 12.0 Å². The van der Waals surface area contributed by atoms with Crippen molar-refractivity contribution in [1.82, 2.24) is 10.2 Å². The van der Waals surface area contributed by atoms with Crippen molar-refractivity contribution in [3.8, 4) is 0 Å². The monoisotopic (exact) mass is 258 g/mol. The number of likely N-dealkylation sites (tertiary alicyclic amines) is 1. The number of piperidine rings is 1. The zero-order valence-electron chi connectivity index (χ0n) is 10.8. The Morgan fingerprint density at radius 3 is 2.44 bits per heavy atom. The van der Waals surface area contributed by atoms with Gasteiger partial charge in [-0.1, -0.05) is 19.8 Å². The minimum absolute atomic E-state index is 0.397. The maximum absolute atomic E-state index is 11.8. The highest BCUT2D eigenvalue weighted by Gasteiger charge is 2.25. The number of urea groups is 1. The van der Waals surface area contributed by atoms with Gasteiger partial charge in [0.2, 0.25) is 0 Å². The summed E-state index contributed by atoms with van der Waals surface area (Å²) in [6, 6.07) is -1.61. The van der Waals surface area contributed by atoms with Crippen molar-refractivity contribution in [1.29, 1.82) is 0 Å². The smallest absolute Gasteiger partial charge is 0.328 e.